The fourth-order valence-electron chi connectivity index (χ4n) is 1.41. The molecule has 5 heteroatoms. The van der Waals surface area contributed by atoms with Gasteiger partial charge in [-0.3, -0.25) is 4.79 Å². The Balaban J connectivity index is 2.42. The monoisotopic (exact) mass is 244 g/mol. The Labute approximate surface area is 106 Å². The van der Waals surface area contributed by atoms with Gasteiger partial charge in [-0.1, -0.05) is 12.1 Å². The summed E-state index contributed by atoms with van der Waals surface area (Å²) in [5.74, 6) is 0. The van der Waals surface area contributed by atoms with Crippen LogP contribution in [-0.4, -0.2) is 13.0 Å². The van der Waals surface area contributed by atoms with Gasteiger partial charge in [-0.2, -0.15) is 5.26 Å². The maximum absolute atomic E-state index is 10.1. The molecule has 0 saturated carbocycles. The second kappa shape index (κ2) is 7.74. The summed E-state index contributed by atoms with van der Waals surface area (Å²) in [5.41, 5.74) is 8.06. The second-order valence-electron chi connectivity index (χ2n) is 3.68. The van der Waals surface area contributed by atoms with Crippen molar-refractivity contribution < 1.29 is 4.79 Å². The van der Waals surface area contributed by atoms with E-state index < -0.39 is 0 Å². The van der Waals surface area contributed by atoms with E-state index in [0.717, 1.165) is 11.3 Å². The summed E-state index contributed by atoms with van der Waals surface area (Å²) in [6, 6.07) is 9.41. The van der Waals surface area contributed by atoms with Crippen LogP contribution in [0.1, 0.15) is 17.5 Å². The summed E-state index contributed by atoms with van der Waals surface area (Å²) >= 11 is 0. The van der Waals surface area contributed by atoms with Crippen molar-refractivity contribution in [1.29, 1.82) is 5.26 Å². The lowest BCUT2D eigenvalue weighted by Crippen LogP contribution is -2.20. The highest BCUT2D eigenvalue weighted by molar-refractivity contribution is 5.45. The molecule has 94 valence electrons. The fraction of sp³-hybridized carbons (Fsp3) is 0.231. The molecule has 1 aromatic carbocycles. The van der Waals surface area contributed by atoms with Crippen molar-refractivity contribution in [2.45, 2.75) is 13.0 Å². The molecule has 0 unspecified atom stereocenters. The summed E-state index contributed by atoms with van der Waals surface area (Å²) in [4.78, 5) is 10.1. The minimum absolute atomic E-state index is 0.549. The predicted molar refractivity (Wildman–Crippen MR) is 69.0 cm³/mol. The molecule has 1 aromatic rings. The van der Waals surface area contributed by atoms with Crippen LogP contribution in [0, 0.1) is 11.3 Å². The van der Waals surface area contributed by atoms with E-state index in [1.165, 1.54) is 6.20 Å². The molecule has 0 atom stereocenters. The molecule has 0 bridgehead atoms. The van der Waals surface area contributed by atoms with E-state index in [1.54, 1.807) is 12.1 Å². The molecular weight excluding hydrogens is 228 g/mol. The molecule has 1 amide bonds. The van der Waals surface area contributed by atoms with Gasteiger partial charge in [0.05, 0.1) is 11.6 Å². The average molecular weight is 244 g/mol. The summed E-state index contributed by atoms with van der Waals surface area (Å²) in [6.07, 6.45) is 2.82. The number of nitriles is 1. The molecule has 18 heavy (non-hydrogen) atoms. The van der Waals surface area contributed by atoms with E-state index >= 15 is 0 Å². The smallest absolute Gasteiger partial charge is 0.207 e. The van der Waals surface area contributed by atoms with Gasteiger partial charge in [-0.05, 0) is 17.7 Å². The van der Waals surface area contributed by atoms with Crippen molar-refractivity contribution in [2.24, 2.45) is 5.73 Å². The van der Waals surface area contributed by atoms with Crippen molar-refractivity contribution in [3.63, 3.8) is 0 Å². The van der Waals surface area contributed by atoms with Crippen molar-refractivity contribution in [2.75, 3.05) is 6.54 Å². The minimum atomic E-state index is 0.549. The first-order valence-corrected chi connectivity index (χ1v) is 5.61. The molecular formula is C13H16N4O. The van der Waals surface area contributed by atoms with Gasteiger partial charge in [0, 0.05) is 31.4 Å². The molecule has 5 nitrogen and oxygen atoms in total. The topological polar surface area (TPSA) is 90.9 Å². The number of nitrogens with one attached hydrogen (secondary N) is 2. The molecule has 4 N–H and O–H groups in total. The first kappa shape index (κ1) is 13.6. The quantitative estimate of drug-likeness (QED) is 0.483. The zero-order chi connectivity index (χ0) is 13.2. The largest absolute Gasteiger partial charge is 0.403 e. The van der Waals surface area contributed by atoms with Crippen LogP contribution >= 0.6 is 0 Å². The lowest BCUT2D eigenvalue weighted by atomic mass is 10.1. The van der Waals surface area contributed by atoms with Crippen LogP contribution in [0.2, 0.25) is 0 Å². The Kier molecular flexibility index (Phi) is 5.84. The minimum Gasteiger partial charge on any atom is -0.403 e. The lowest BCUT2D eigenvalue weighted by molar-refractivity contribution is -0.109. The first-order chi connectivity index (χ1) is 8.80. The summed E-state index contributed by atoms with van der Waals surface area (Å²) in [7, 11) is 0. The summed E-state index contributed by atoms with van der Waals surface area (Å²) < 4.78 is 0. The SMILES string of the molecule is N#Cc1ccc(CN/C(=C\N)CCNC=O)cc1. The van der Waals surface area contributed by atoms with Crippen LogP contribution in [-0.2, 0) is 11.3 Å². The van der Waals surface area contributed by atoms with Gasteiger partial charge < -0.3 is 16.4 Å². The van der Waals surface area contributed by atoms with E-state index in [1.807, 2.05) is 12.1 Å². The van der Waals surface area contributed by atoms with Crippen molar-refractivity contribution in [1.82, 2.24) is 10.6 Å². The number of carbonyl (C=O) groups excluding carboxylic acids is 1. The molecule has 0 aromatic heterocycles. The van der Waals surface area contributed by atoms with Gasteiger partial charge in [-0.25, -0.2) is 0 Å². The Bertz CT molecular complexity index is 445. The molecule has 1 rings (SSSR count). The van der Waals surface area contributed by atoms with Gasteiger partial charge in [0.1, 0.15) is 0 Å². The van der Waals surface area contributed by atoms with Crippen molar-refractivity contribution in [3.8, 4) is 6.07 Å². The van der Waals surface area contributed by atoms with Gasteiger partial charge >= 0.3 is 0 Å². The number of nitrogens with two attached hydrogens (primary N) is 1. The highest BCUT2D eigenvalue weighted by Gasteiger charge is 1.97. The van der Waals surface area contributed by atoms with Crippen molar-refractivity contribution in [3.05, 3.63) is 47.3 Å². The molecule has 0 saturated heterocycles. The number of carbonyl (C=O) groups is 1. The maximum Gasteiger partial charge on any atom is 0.207 e. The lowest BCUT2D eigenvalue weighted by Gasteiger charge is -2.10. The van der Waals surface area contributed by atoms with E-state index in [-0.39, 0.29) is 0 Å². The Morgan fingerprint density at radius 2 is 2.11 bits per heavy atom. The number of nitrogens with zero attached hydrogens (tertiary/aromatic N) is 1. The average Bonchev–Trinajstić information content (AvgIpc) is 2.43. The number of rotatable bonds is 7. The van der Waals surface area contributed by atoms with Crippen LogP contribution in [0.5, 0.6) is 0 Å². The number of benzene rings is 1. The zero-order valence-electron chi connectivity index (χ0n) is 10.0. The van der Waals surface area contributed by atoms with Crippen LogP contribution in [0.25, 0.3) is 0 Å². The third kappa shape index (κ3) is 4.58. The highest BCUT2D eigenvalue weighted by atomic mass is 16.1. The normalized spacial score (nSPS) is 10.5. The zero-order valence-corrected chi connectivity index (χ0v) is 10.0. The molecule has 0 fully saturated rings. The Morgan fingerprint density at radius 3 is 2.67 bits per heavy atom. The number of amides is 1. The van der Waals surface area contributed by atoms with Gasteiger partial charge in [0.2, 0.25) is 6.41 Å². The Hall–Kier alpha value is -2.48. The van der Waals surface area contributed by atoms with Crippen LogP contribution in [0.4, 0.5) is 0 Å². The molecule has 0 radical (unpaired) electrons. The van der Waals surface area contributed by atoms with Crippen molar-refractivity contribution >= 4 is 6.41 Å². The van der Waals surface area contributed by atoms with E-state index in [0.29, 0.717) is 31.5 Å². The number of hydrogen-bond acceptors (Lipinski definition) is 4. The van der Waals surface area contributed by atoms with E-state index in [4.69, 9.17) is 11.0 Å². The van der Waals surface area contributed by atoms with Crippen LogP contribution in [0.3, 0.4) is 0 Å². The van der Waals surface area contributed by atoms with Crippen LogP contribution in [0.15, 0.2) is 36.2 Å². The summed E-state index contributed by atoms with van der Waals surface area (Å²) in [6.45, 7) is 1.18. The molecule has 0 spiro atoms. The third-order valence-corrected chi connectivity index (χ3v) is 2.43. The molecule has 0 aliphatic heterocycles. The standard InChI is InChI=1S/C13H16N4O/c14-7-11-1-3-12(4-2-11)9-17-13(8-15)5-6-16-10-18/h1-4,8,10,17H,5-6,9,15H2,(H,16,18)/b13-8-. The molecule has 0 aliphatic carbocycles. The Morgan fingerprint density at radius 1 is 1.39 bits per heavy atom. The van der Waals surface area contributed by atoms with Gasteiger partial charge in [0.25, 0.3) is 0 Å². The fourth-order valence-corrected chi connectivity index (χ4v) is 1.41. The number of hydrogen-bond donors (Lipinski definition) is 3. The van der Waals surface area contributed by atoms with Gasteiger partial charge in [-0.15, -0.1) is 0 Å². The highest BCUT2D eigenvalue weighted by Crippen LogP contribution is 2.04. The third-order valence-electron chi connectivity index (χ3n) is 2.43. The van der Waals surface area contributed by atoms with E-state index in [2.05, 4.69) is 16.7 Å². The van der Waals surface area contributed by atoms with Crippen LogP contribution < -0.4 is 16.4 Å². The molecule has 0 aliphatic rings. The predicted octanol–water partition coefficient (Wildman–Crippen LogP) is 0.584. The second-order valence-corrected chi connectivity index (χ2v) is 3.68. The van der Waals surface area contributed by atoms with Gasteiger partial charge in [0.15, 0.2) is 0 Å². The first-order valence-electron chi connectivity index (χ1n) is 5.61. The van der Waals surface area contributed by atoms with E-state index in [9.17, 15) is 4.79 Å². The molecule has 0 heterocycles. The summed E-state index contributed by atoms with van der Waals surface area (Å²) in [5, 5.41) is 14.4. The maximum atomic E-state index is 10.1.